The SMILES string of the molecule is Cc1ccc(CS(=O)(=O)N2CCCC3(CCCC(=O)N3C)C2)cc1. The second-order valence-electron chi connectivity index (χ2n) is 7.21. The fourth-order valence-electron chi connectivity index (χ4n) is 3.94. The highest BCUT2D eigenvalue weighted by Gasteiger charge is 2.45. The van der Waals surface area contributed by atoms with Crippen molar-refractivity contribution >= 4 is 15.9 Å². The smallest absolute Gasteiger partial charge is 0.222 e. The minimum Gasteiger partial charge on any atom is -0.339 e. The Balaban J connectivity index is 1.78. The Morgan fingerprint density at radius 3 is 2.50 bits per heavy atom. The molecule has 1 aromatic carbocycles. The number of benzene rings is 1. The number of hydrogen-bond acceptors (Lipinski definition) is 3. The second kappa shape index (κ2) is 6.48. The van der Waals surface area contributed by atoms with Gasteiger partial charge in [-0.3, -0.25) is 4.79 Å². The molecule has 0 N–H and O–H groups in total. The summed E-state index contributed by atoms with van der Waals surface area (Å²) in [5.41, 5.74) is 1.62. The average Bonchev–Trinajstić information content (AvgIpc) is 2.55. The molecule has 1 aromatic rings. The maximum absolute atomic E-state index is 12.9. The standard InChI is InChI=1S/C18H26N2O3S/c1-15-6-8-16(9-7-15)13-24(22,23)20-12-4-11-18(14-20)10-3-5-17(21)19(18)2/h6-9H,3-5,10-14H2,1-2H3. The molecule has 0 aromatic heterocycles. The number of likely N-dealkylation sites (tertiary alicyclic amines) is 1. The predicted molar refractivity (Wildman–Crippen MR) is 94.0 cm³/mol. The van der Waals surface area contributed by atoms with Crippen LogP contribution in [-0.2, 0) is 20.6 Å². The third-order valence-electron chi connectivity index (χ3n) is 5.50. The normalized spacial score (nSPS) is 26.1. The molecule has 5 nitrogen and oxygen atoms in total. The molecule has 2 saturated heterocycles. The van der Waals surface area contributed by atoms with Crippen molar-refractivity contribution in [2.45, 2.75) is 50.3 Å². The Morgan fingerprint density at radius 2 is 1.79 bits per heavy atom. The average molecular weight is 350 g/mol. The van der Waals surface area contributed by atoms with Crippen LogP contribution in [0.3, 0.4) is 0 Å². The summed E-state index contributed by atoms with van der Waals surface area (Å²) < 4.78 is 27.4. The van der Waals surface area contributed by atoms with Gasteiger partial charge in [0.1, 0.15) is 0 Å². The zero-order valence-corrected chi connectivity index (χ0v) is 15.3. The lowest BCUT2D eigenvalue weighted by Crippen LogP contribution is -2.61. The first-order chi connectivity index (χ1) is 11.3. The van der Waals surface area contributed by atoms with Crippen LogP contribution < -0.4 is 0 Å². The molecule has 6 heteroatoms. The minimum atomic E-state index is -3.37. The van der Waals surface area contributed by atoms with Gasteiger partial charge in [0.15, 0.2) is 0 Å². The molecule has 0 bridgehead atoms. The van der Waals surface area contributed by atoms with E-state index >= 15 is 0 Å². The fourth-order valence-corrected chi connectivity index (χ4v) is 5.58. The van der Waals surface area contributed by atoms with Gasteiger partial charge in [-0.25, -0.2) is 8.42 Å². The summed E-state index contributed by atoms with van der Waals surface area (Å²) in [6.45, 7) is 2.98. The number of piperidine rings is 2. The number of carbonyl (C=O) groups is 1. The Labute approximate surface area is 144 Å². The van der Waals surface area contributed by atoms with E-state index in [0.717, 1.165) is 36.8 Å². The number of rotatable bonds is 3. The third kappa shape index (κ3) is 3.35. The van der Waals surface area contributed by atoms with E-state index in [1.807, 2.05) is 43.1 Å². The van der Waals surface area contributed by atoms with Crippen molar-refractivity contribution in [3.8, 4) is 0 Å². The topological polar surface area (TPSA) is 57.7 Å². The van der Waals surface area contributed by atoms with Gasteiger partial charge in [-0.15, -0.1) is 0 Å². The zero-order valence-electron chi connectivity index (χ0n) is 14.5. The first kappa shape index (κ1) is 17.4. The van der Waals surface area contributed by atoms with Crippen molar-refractivity contribution in [2.75, 3.05) is 20.1 Å². The van der Waals surface area contributed by atoms with E-state index in [1.54, 1.807) is 4.31 Å². The van der Waals surface area contributed by atoms with E-state index in [1.165, 1.54) is 0 Å². The largest absolute Gasteiger partial charge is 0.339 e. The van der Waals surface area contributed by atoms with E-state index in [4.69, 9.17) is 0 Å². The van der Waals surface area contributed by atoms with Gasteiger partial charge in [0, 0.05) is 26.6 Å². The van der Waals surface area contributed by atoms with Gasteiger partial charge < -0.3 is 4.90 Å². The van der Waals surface area contributed by atoms with Gasteiger partial charge in [-0.2, -0.15) is 4.31 Å². The first-order valence-corrected chi connectivity index (χ1v) is 10.2. The van der Waals surface area contributed by atoms with Crippen molar-refractivity contribution in [3.63, 3.8) is 0 Å². The highest BCUT2D eigenvalue weighted by atomic mass is 32.2. The molecule has 24 heavy (non-hydrogen) atoms. The quantitative estimate of drug-likeness (QED) is 0.840. The number of sulfonamides is 1. The molecule has 1 atom stereocenters. The molecule has 0 radical (unpaired) electrons. The lowest BCUT2D eigenvalue weighted by molar-refractivity contribution is -0.141. The fraction of sp³-hybridized carbons (Fsp3) is 0.611. The van der Waals surface area contributed by atoms with Crippen molar-refractivity contribution in [2.24, 2.45) is 0 Å². The van der Waals surface area contributed by atoms with E-state index in [2.05, 4.69) is 0 Å². The van der Waals surface area contributed by atoms with E-state index in [9.17, 15) is 13.2 Å². The first-order valence-electron chi connectivity index (χ1n) is 8.62. The molecule has 3 rings (SSSR count). The lowest BCUT2D eigenvalue weighted by Gasteiger charge is -2.50. The summed E-state index contributed by atoms with van der Waals surface area (Å²) in [6, 6.07) is 7.64. The summed E-state index contributed by atoms with van der Waals surface area (Å²) in [4.78, 5) is 13.9. The number of hydrogen-bond donors (Lipinski definition) is 0. The summed E-state index contributed by atoms with van der Waals surface area (Å²) in [7, 11) is -1.54. The molecule has 1 amide bonds. The van der Waals surface area contributed by atoms with Crippen molar-refractivity contribution in [1.82, 2.24) is 9.21 Å². The van der Waals surface area contributed by atoms with Crippen LogP contribution in [0.2, 0.25) is 0 Å². The number of likely N-dealkylation sites (N-methyl/N-ethyl adjacent to an activating group) is 1. The molecule has 1 unspecified atom stereocenters. The molecule has 132 valence electrons. The molecular formula is C18H26N2O3S. The summed E-state index contributed by atoms with van der Waals surface area (Å²) in [6.07, 6.45) is 4.03. The van der Waals surface area contributed by atoms with Crippen molar-refractivity contribution in [1.29, 1.82) is 0 Å². The van der Waals surface area contributed by atoms with Crippen LogP contribution >= 0.6 is 0 Å². The summed E-state index contributed by atoms with van der Waals surface area (Å²) in [5.74, 6) is 0.167. The van der Waals surface area contributed by atoms with Crippen LogP contribution in [0.15, 0.2) is 24.3 Å². The molecule has 0 saturated carbocycles. The van der Waals surface area contributed by atoms with Crippen molar-refractivity contribution < 1.29 is 13.2 Å². The van der Waals surface area contributed by atoms with Crippen LogP contribution in [0.1, 0.15) is 43.2 Å². The zero-order chi connectivity index (χ0) is 17.4. The van der Waals surface area contributed by atoms with Gasteiger partial charge in [0.05, 0.1) is 11.3 Å². The molecular weight excluding hydrogens is 324 g/mol. The van der Waals surface area contributed by atoms with Crippen LogP contribution in [0.25, 0.3) is 0 Å². The van der Waals surface area contributed by atoms with E-state index in [0.29, 0.717) is 19.5 Å². The number of nitrogens with zero attached hydrogens (tertiary/aromatic N) is 2. The minimum absolute atomic E-state index is 0.0288. The summed E-state index contributed by atoms with van der Waals surface area (Å²) >= 11 is 0. The lowest BCUT2D eigenvalue weighted by atomic mass is 9.81. The van der Waals surface area contributed by atoms with E-state index < -0.39 is 10.0 Å². The second-order valence-corrected chi connectivity index (χ2v) is 9.18. The highest BCUT2D eigenvalue weighted by Crippen LogP contribution is 2.36. The van der Waals surface area contributed by atoms with Crippen molar-refractivity contribution in [3.05, 3.63) is 35.4 Å². The highest BCUT2D eigenvalue weighted by molar-refractivity contribution is 7.88. The molecule has 2 aliphatic rings. The maximum Gasteiger partial charge on any atom is 0.222 e. The third-order valence-corrected chi connectivity index (χ3v) is 7.30. The molecule has 1 spiro atoms. The van der Waals surface area contributed by atoms with Crippen LogP contribution in [0.5, 0.6) is 0 Å². The van der Waals surface area contributed by atoms with Gasteiger partial charge in [-0.05, 0) is 38.2 Å². The number of carbonyl (C=O) groups excluding carboxylic acids is 1. The Bertz CT molecular complexity index is 710. The summed E-state index contributed by atoms with van der Waals surface area (Å²) in [5, 5.41) is 0. The van der Waals surface area contributed by atoms with Crippen LogP contribution in [0.4, 0.5) is 0 Å². The maximum atomic E-state index is 12.9. The molecule has 2 aliphatic heterocycles. The molecule has 2 heterocycles. The Morgan fingerprint density at radius 1 is 1.12 bits per heavy atom. The molecule has 2 fully saturated rings. The monoisotopic (exact) mass is 350 g/mol. The number of aryl methyl sites for hydroxylation is 1. The van der Waals surface area contributed by atoms with Gasteiger partial charge in [-0.1, -0.05) is 29.8 Å². The Kier molecular flexibility index (Phi) is 4.71. The predicted octanol–water partition coefficient (Wildman–Crippen LogP) is 2.30. The van der Waals surface area contributed by atoms with Crippen LogP contribution in [-0.4, -0.2) is 49.2 Å². The van der Waals surface area contributed by atoms with Gasteiger partial charge in [0.2, 0.25) is 15.9 Å². The van der Waals surface area contributed by atoms with E-state index in [-0.39, 0.29) is 17.2 Å². The van der Waals surface area contributed by atoms with Gasteiger partial charge in [0.25, 0.3) is 0 Å². The molecule has 0 aliphatic carbocycles. The Hall–Kier alpha value is -1.40. The van der Waals surface area contributed by atoms with Gasteiger partial charge >= 0.3 is 0 Å². The number of amides is 1. The van der Waals surface area contributed by atoms with Crippen LogP contribution in [0, 0.1) is 6.92 Å².